The molecule has 132 valence electrons. The minimum absolute atomic E-state index is 0.00209. The molecule has 1 heterocycles. The highest BCUT2D eigenvalue weighted by Crippen LogP contribution is 2.22. The molecule has 1 unspecified atom stereocenters. The van der Waals surface area contributed by atoms with Crippen LogP contribution in [-0.2, 0) is 14.3 Å². The second-order valence-corrected chi connectivity index (χ2v) is 7.14. The molecular formula is C17H23ClN2O3S. The predicted octanol–water partition coefficient (Wildman–Crippen LogP) is 2.45. The maximum Gasteiger partial charge on any atom is 0.232 e. The van der Waals surface area contributed by atoms with Gasteiger partial charge >= 0.3 is 0 Å². The number of thioether (sulfide) groups is 1. The summed E-state index contributed by atoms with van der Waals surface area (Å²) < 4.78 is 5.23. The Morgan fingerprint density at radius 3 is 2.71 bits per heavy atom. The Morgan fingerprint density at radius 1 is 1.33 bits per heavy atom. The molecule has 0 saturated carbocycles. The molecule has 0 radical (unpaired) electrons. The zero-order chi connectivity index (χ0) is 17.5. The number of amides is 2. The Hall–Kier alpha value is -1.24. The van der Waals surface area contributed by atoms with Crippen LogP contribution in [0.3, 0.4) is 0 Å². The van der Waals surface area contributed by atoms with E-state index in [2.05, 4.69) is 0 Å². The second-order valence-electron chi connectivity index (χ2n) is 5.72. The molecule has 0 aromatic heterocycles. The highest BCUT2D eigenvalue weighted by atomic mass is 35.5. The van der Waals surface area contributed by atoms with Gasteiger partial charge in [-0.15, -0.1) is 11.8 Å². The molecular weight excluding hydrogens is 348 g/mol. The van der Waals surface area contributed by atoms with Crippen molar-refractivity contribution in [1.29, 1.82) is 0 Å². The minimum Gasteiger partial charge on any atom is -0.378 e. The Balaban J connectivity index is 1.77. The average molecular weight is 371 g/mol. The molecule has 7 heteroatoms. The highest BCUT2D eigenvalue weighted by molar-refractivity contribution is 8.00. The van der Waals surface area contributed by atoms with Crippen LogP contribution >= 0.6 is 23.4 Å². The minimum atomic E-state index is -0.0632. The van der Waals surface area contributed by atoms with Gasteiger partial charge in [-0.25, -0.2) is 0 Å². The molecule has 2 amide bonds. The van der Waals surface area contributed by atoms with E-state index in [9.17, 15) is 9.59 Å². The van der Waals surface area contributed by atoms with Gasteiger partial charge in [-0.1, -0.05) is 23.7 Å². The standard InChI is InChI=1S/C17H23ClN2O3S/c1-13(14-4-3-5-15(18)10-14)19(2)16(21)11-24-12-17(22)20-6-8-23-9-7-20/h3-5,10,13H,6-9,11-12H2,1-2H3. The number of nitrogens with zero attached hydrogens (tertiary/aromatic N) is 2. The summed E-state index contributed by atoms with van der Waals surface area (Å²) in [5.74, 6) is 0.687. The van der Waals surface area contributed by atoms with E-state index in [0.29, 0.717) is 37.1 Å². The maximum atomic E-state index is 12.3. The van der Waals surface area contributed by atoms with Gasteiger partial charge in [-0.3, -0.25) is 9.59 Å². The fourth-order valence-electron chi connectivity index (χ4n) is 2.44. The van der Waals surface area contributed by atoms with E-state index >= 15 is 0 Å². The van der Waals surface area contributed by atoms with E-state index < -0.39 is 0 Å². The number of carbonyl (C=O) groups is 2. The summed E-state index contributed by atoms with van der Waals surface area (Å²) in [6.07, 6.45) is 0. The summed E-state index contributed by atoms with van der Waals surface area (Å²) in [5, 5.41) is 0.658. The van der Waals surface area contributed by atoms with Crippen molar-refractivity contribution in [3.8, 4) is 0 Å². The first-order valence-electron chi connectivity index (χ1n) is 7.93. The lowest BCUT2D eigenvalue weighted by Gasteiger charge is -2.27. The second kappa shape index (κ2) is 9.30. The fourth-order valence-corrected chi connectivity index (χ4v) is 3.47. The van der Waals surface area contributed by atoms with Crippen LogP contribution in [0, 0.1) is 0 Å². The molecule has 0 aliphatic carbocycles. The molecule has 1 aromatic rings. The van der Waals surface area contributed by atoms with E-state index in [4.69, 9.17) is 16.3 Å². The van der Waals surface area contributed by atoms with E-state index in [-0.39, 0.29) is 23.6 Å². The number of ether oxygens (including phenoxy) is 1. The number of halogens is 1. The first kappa shape index (κ1) is 19.1. The largest absolute Gasteiger partial charge is 0.378 e. The molecule has 1 atom stereocenters. The van der Waals surface area contributed by atoms with Crippen molar-refractivity contribution < 1.29 is 14.3 Å². The third-order valence-corrected chi connectivity index (χ3v) is 5.26. The summed E-state index contributed by atoms with van der Waals surface area (Å²) in [6, 6.07) is 7.45. The van der Waals surface area contributed by atoms with Gasteiger partial charge in [0.1, 0.15) is 0 Å². The topological polar surface area (TPSA) is 49.9 Å². The van der Waals surface area contributed by atoms with Crippen LogP contribution in [0.1, 0.15) is 18.5 Å². The molecule has 1 fully saturated rings. The normalized spacial score (nSPS) is 15.9. The number of hydrogen-bond donors (Lipinski definition) is 0. The summed E-state index contributed by atoms with van der Waals surface area (Å²) in [5.41, 5.74) is 0.993. The smallest absolute Gasteiger partial charge is 0.232 e. The number of rotatable bonds is 6. The third-order valence-electron chi connectivity index (χ3n) is 4.12. The molecule has 0 N–H and O–H groups in total. The highest BCUT2D eigenvalue weighted by Gasteiger charge is 2.20. The number of morpholine rings is 1. The molecule has 2 rings (SSSR count). The van der Waals surface area contributed by atoms with Crippen molar-refractivity contribution in [2.45, 2.75) is 13.0 Å². The van der Waals surface area contributed by atoms with Gasteiger partial charge in [-0.05, 0) is 24.6 Å². The van der Waals surface area contributed by atoms with E-state index in [1.54, 1.807) is 16.8 Å². The van der Waals surface area contributed by atoms with Gasteiger partial charge in [0, 0.05) is 25.2 Å². The number of hydrogen-bond acceptors (Lipinski definition) is 4. The lowest BCUT2D eigenvalue weighted by molar-refractivity contribution is -0.132. The lowest BCUT2D eigenvalue weighted by atomic mass is 10.1. The summed E-state index contributed by atoms with van der Waals surface area (Å²) in [4.78, 5) is 27.9. The van der Waals surface area contributed by atoms with Crippen LogP contribution in [-0.4, -0.2) is 66.5 Å². The molecule has 0 spiro atoms. The van der Waals surface area contributed by atoms with Crippen LogP contribution in [0.4, 0.5) is 0 Å². The quantitative estimate of drug-likeness (QED) is 0.771. The molecule has 1 aromatic carbocycles. The zero-order valence-corrected chi connectivity index (χ0v) is 15.6. The van der Waals surface area contributed by atoms with Crippen LogP contribution in [0.25, 0.3) is 0 Å². The maximum absolute atomic E-state index is 12.3. The van der Waals surface area contributed by atoms with E-state index in [1.165, 1.54) is 11.8 Å². The molecule has 24 heavy (non-hydrogen) atoms. The van der Waals surface area contributed by atoms with E-state index in [0.717, 1.165) is 5.56 Å². The third kappa shape index (κ3) is 5.40. The van der Waals surface area contributed by atoms with Gasteiger partial charge in [0.05, 0.1) is 30.8 Å². The number of carbonyl (C=O) groups excluding carboxylic acids is 2. The van der Waals surface area contributed by atoms with Gasteiger partial charge in [0.25, 0.3) is 0 Å². The zero-order valence-electron chi connectivity index (χ0n) is 14.0. The van der Waals surface area contributed by atoms with Crippen molar-refractivity contribution in [2.75, 3.05) is 44.9 Å². The summed E-state index contributed by atoms with van der Waals surface area (Å²) >= 11 is 7.36. The predicted molar refractivity (Wildman–Crippen MR) is 97.4 cm³/mol. The molecule has 1 saturated heterocycles. The first-order valence-corrected chi connectivity index (χ1v) is 9.46. The molecule has 5 nitrogen and oxygen atoms in total. The van der Waals surface area contributed by atoms with Gasteiger partial charge in [0.15, 0.2) is 0 Å². The average Bonchev–Trinajstić information content (AvgIpc) is 2.61. The summed E-state index contributed by atoms with van der Waals surface area (Å²) in [7, 11) is 1.78. The SMILES string of the molecule is CC(c1cccc(Cl)c1)N(C)C(=O)CSCC(=O)N1CCOCC1. The lowest BCUT2D eigenvalue weighted by Crippen LogP contribution is -2.41. The molecule has 1 aliphatic rings. The summed E-state index contributed by atoms with van der Waals surface area (Å²) in [6.45, 7) is 4.43. The number of benzene rings is 1. The van der Waals surface area contributed by atoms with Crippen molar-refractivity contribution in [2.24, 2.45) is 0 Å². The Morgan fingerprint density at radius 2 is 2.04 bits per heavy atom. The van der Waals surface area contributed by atoms with Crippen LogP contribution in [0.5, 0.6) is 0 Å². The van der Waals surface area contributed by atoms with Crippen molar-refractivity contribution >= 4 is 35.2 Å². The van der Waals surface area contributed by atoms with Gasteiger partial charge < -0.3 is 14.5 Å². The Kier molecular flexibility index (Phi) is 7.40. The molecule has 1 aliphatic heterocycles. The fraction of sp³-hybridized carbons (Fsp3) is 0.529. The van der Waals surface area contributed by atoms with Crippen LogP contribution in [0.2, 0.25) is 5.02 Å². The first-order chi connectivity index (χ1) is 11.5. The van der Waals surface area contributed by atoms with Gasteiger partial charge in [0.2, 0.25) is 11.8 Å². The van der Waals surface area contributed by atoms with Crippen LogP contribution < -0.4 is 0 Å². The van der Waals surface area contributed by atoms with Crippen molar-refractivity contribution in [1.82, 2.24) is 9.80 Å². The molecule has 0 bridgehead atoms. The van der Waals surface area contributed by atoms with Crippen molar-refractivity contribution in [3.63, 3.8) is 0 Å². The van der Waals surface area contributed by atoms with Gasteiger partial charge in [-0.2, -0.15) is 0 Å². The van der Waals surface area contributed by atoms with E-state index in [1.807, 2.05) is 31.2 Å². The Bertz CT molecular complexity index is 579. The van der Waals surface area contributed by atoms with Crippen molar-refractivity contribution in [3.05, 3.63) is 34.9 Å². The Labute approximate surface area is 152 Å². The van der Waals surface area contributed by atoms with Crippen LogP contribution in [0.15, 0.2) is 24.3 Å². The monoisotopic (exact) mass is 370 g/mol.